The highest BCUT2D eigenvalue weighted by Gasteiger charge is 2.25. The molecule has 0 saturated carbocycles. The Morgan fingerprint density at radius 1 is 1.32 bits per heavy atom. The Labute approximate surface area is 129 Å². The maximum atomic E-state index is 11.9. The van der Waals surface area contributed by atoms with Gasteiger partial charge in [0.05, 0.1) is 4.92 Å². The lowest BCUT2D eigenvalue weighted by molar-refractivity contribution is -0.384. The van der Waals surface area contributed by atoms with Crippen LogP contribution in [0.4, 0.5) is 5.69 Å². The number of nitro groups is 1. The molecule has 22 heavy (non-hydrogen) atoms. The molecule has 1 aromatic carbocycles. The number of ether oxygens (including phenoxy) is 1. The fraction of sp³-hybridized carbons (Fsp3) is 0.0667. The third-order valence-electron chi connectivity index (χ3n) is 2.96. The molecule has 2 aromatic rings. The quantitative estimate of drug-likeness (QED) is 0.377. The number of benzene rings is 1. The van der Waals surface area contributed by atoms with Gasteiger partial charge in [0.25, 0.3) is 5.69 Å². The number of hydrogen-bond acceptors (Lipinski definition) is 6. The second kappa shape index (κ2) is 5.53. The van der Waals surface area contributed by atoms with Crippen LogP contribution in [0.3, 0.4) is 0 Å². The van der Waals surface area contributed by atoms with Crippen molar-refractivity contribution in [1.29, 1.82) is 0 Å². The summed E-state index contributed by atoms with van der Waals surface area (Å²) in [5.41, 5.74) is 0.499. The van der Waals surface area contributed by atoms with Crippen LogP contribution in [0, 0.1) is 17.0 Å². The lowest BCUT2D eigenvalue weighted by Gasteiger charge is -1.98. The fourth-order valence-corrected chi connectivity index (χ4v) is 2.77. The molecule has 6 nitrogen and oxygen atoms in total. The number of rotatable bonds is 3. The molecular formula is C15H10N2O4S. The minimum absolute atomic E-state index is 0.0771. The molecule has 1 aromatic heterocycles. The summed E-state index contributed by atoms with van der Waals surface area (Å²) >= 11 is 1.54. The van der Waals surface area contributed by atoms with E-state index in [4.69, 9.17) is 4.74 Å². The number of carbonyl (C=O) groups is 1. The zero-order chi connectivity index (χ0) is 15.7. The number of carbonyl (C=O) groups excluding carboxylic acids is 1. The van der Waals surface area contributed by atoms with Crippen molar-refractivity contribution < 1.29 is 14.5 Å². The molecule has 0 bridgehead atoms. The third-order valence-corrected chi connectivity index (χ3v) is 3.91. The van der Waals surface area contributed by atoms with Crippen LogP contribution in [-0.2, 0) is 9.53 Å². The van der Waals surface area contributed by atoms with Crippen LogP contribution in [0.5, 0.6) is 0 Å². The lowest BCUT2D eigenvalue weighted by atomic mass is 10.2. The highest BCUT2D eigenvalue weighted by molar-refractivity contribution is 7.12. The van der Waals surface area contributed by atoms with Crippen LogP contribution in [0.2, 0.25) is 0 Å². The topological polar surface area (TPSA) is 81.8 Å². The largest absolute Gasteiger partial charge is 0.402 e. The van der Waals surface area contributed by atoms with E-state index >= 15 is 0 Å². The molecule has 2 heterocycles. The van der Waals surface area contributed by atoms with Crippen LogP contribution in [0.25, 0.3) is 6.08 Å². The van der Waals surface area contributed by atoms with Crippen molar-refractivity contribution in [2.75, 3.05) is 0 Å². The summed E-state index contributed by atoms with van der Waals surface area (Å²) in [7, 11) is 0. The Bertz CT molecular complexity index is 836. The van der Waals surface area contributed by atoms with Crippen LogP contribution in [-0.4, -0.2) is 16.8 Å². The van der Waals surface area contributed by atoms with Gasteiger partial charge in [0.15, 0.2) is 5.70 Å². The lowest BCUT2D eigenvalue weighted by Crippen LogP contribution is -2.05. The molecule has 0 aliphatic carbocycles. The Hall–Kier alpha value is -2.80. The second-order valence-corrected chi connectivity index (χ2v) is 5.91. The van der Waals surface area contributed by atoms with Crippen molar-refractivity contribution in [3.63, 3.8) is 0 Å². The molecule has 0 amide bonds. The molecule has 0 radical (unpaired) electrons. The Balaban J connectivity index is 1.94. The molecule has 7 heteroatoms. The van der Waals surface area contributed by atoms with Gasteiger partial charge in [-0.25, -0.2) is 9.79 Å². The minimum atomic E-state index is -0.562. The van der Waals surface area contributed by atoms with Crippen LogP contribution in [0.15, 0.2) is 47.1 Å². The average molecular weight is 314 g/mol. The minimum Gasteiger partial charge on any atom is -0.402 e. The van der Waals surface area contributed by atoms with Gasteiger partial charge in [0.1, 0.15) is 0 Å². The molecule has 0 unspecified atom stereocenters. The highest BCUT2D eigenvalue weighted by atomic mass is 32.1. The number of esters is 1. The van der Waals surface area contributed by atoms with Crippen molar-refractivity contribution in [2.24, 2.45) is 4.99 Å². The van der Waals surface area contributed by atoms with E-state index in [9.17, 15) is 14.9 Å². The molecule has 1 aliphatic rings. The highest BCUT2D eigenvalue weighted by Crippen LogP contribution is 2.24. The maximum absolute atomic E-state index is 11.9. The summed E-state index contributed by atoms with van der Waals surface area (Å²) in [5, 5.41) is 10.8. The van der Waals surface area contributed by atoms with E-state index in [0.29, 0.717) is 5.56 Å². The normalized spacial score (nSPS) is 15.8. The van der Waals surface area contributed by atoms with Gasteiger partial charge in [-0.05, 0) is 31.2 Å². The zero-order valence-electron chi connectivity index (χ0n) is 11.5. The predicted molar refractivity (Wildman–Crippen MR) is 82.8 cm³/mol. The Morgan fingerprint density at radius 3 is 2.82 bits per heavy atom. The van der Waals surface area contributed by atoms with Gasteiger partial charge in [-0.3, -0.25) is 10.1 Å². The number of nitro benzene ring substituents is 1. The molecule has 0 atom stereocenters. The van der Waals surface area contributed by atoms with E-state index in [1.54, 1.807) is 12.1 Å². The molecule has 0 saturated heterocycles. The summed E-state index contributed by atoms with van der Waals surface area (Å²) in [6, 6.07) is 9.66. The first-order valence-electron chi connectivity index (χ1n) is 6.37. The molecule has 0 spiro atoms. The number of hydrogen-bond donors (Lipinski definition) is 0. The average Bonchev–Trinajstić information content (AvgIpc) is 3.06. The van der Waals surface area contributed by atoms with Crippen LogP contribution < -0.4 is 0 Å². The van der Waals surface area contributed by atoms with Gasteiger partial charge in [-0.1, -0.05) is 6.07 Å². The van der Waals surface area contributed by atoms with Gasteiger partial charge in [0, 0.05) is 27.5 Å². The molecule has 0 fully saturated rings. The van der Waals surface area contributed by atoms with E-state index < -0.39 is 10.9 Å². The number of nitrogens with zero attached hydrogens (tertiary/aromatic N) is 2. The number of thiophene rings is 1. The van der Waals surface area contributed by atoms with Crippen molar-refractivity contribution >= 4 is 35.0 Å². The number of non-ortho nitro benzene ring substituents is 1. The van der Waals surface area contributed by atoms with Crippen LogP contribution in [0.1, 0.15) is 15.3 Å². The maximum Gasteiger partial charge on any atom is 0.363 e. The van der Waals surface area contributed by atoms with E-state index in [1.807, 2.05) is 19.1 Å². The summed E-state index contributed by atoms with van der Waals surface area (Å²) < 4.78 is 5.10. The summed E-state index contributed by atoms with van der Waals surface area (Å²) in [6.07, 6.45) is 1.64. The SMILES string of the molecule is Cc1ccc(/C=C2\N=C(c3cccc([N+](=O)[O-])c3)OC2=O)s1. The Kier molecular flexibility index (Phi) is 3.56. The van der Waals surface area contributed by atoms with E-state index in [0.717, 1.165) is 9.75 Å². The predicted octanol–water partition coefficient (Wildman–Crippen LogP) is 3.31. The molecule has 110 valence electrons. The van der Waals surface area contributed by atoms with E-state index in [-0.39, 0.29) is 17.3 Å². The number of aryl methyl sites for hydroxylation is 1. The molecule has 0 N–H and O–H groups in total. The van der Waals surface area contributed by atoms with Crippen molar-refractivity contribution in [1.82, 2.24) is 0 Å². The van der Waals surface area contributed by atoms with Crippen LogP contribution >= 0.6 is 11.3 Å². The second-order valence-electron chi connectivity index (χ2n) is 4.59. The van der Waals surface area contributed by atoms with E-state index in [2.05, 4.69) is 4.99 Å². The first kappa shape index (κ1) is 14.2. The molecule has 1 aliphatic heterocycles. The van der Waals surface area contributed by atoms with Crippen molar-refractivity contribution in [3.05, 3.63) is 67.5 Å². The van der Waals surface area contributed by atoms with Gasteiger partial charge in [0.2, 0.25) is 5.90 Å². The zero-order valence-corrected chi connectivity index (χ0v) is 12.3. The van der Waals surface area contributed by atoms with Gasteiger partial charge in [-0.2, -0.15) is 0 Å². The Morgan fingerprint density at radius 2 is 2.14 bits per heavy atom. The smallest absolute Gasteiger partial charge is 0.363 e. The number of cyclic esters (lactones) is 1. The van der Waals surface area contributed by atoms with Gasteiger partial charge >= 0.3 is 5.97 Å². The molecular weight excluding hydrogens is 304 g/mol. The van der Waals surface area contributed by atoms with Crippen molar-refractivity contribution in [2.45, 2.75) is 6.92 Å². The first-order chi connectivity index (χ1) is 10.5. The monoisotopic (exact) mass is 314 g/mol. The standard InChI is InChI=1S/C15H10N2O4S/c1-9-5-6-12(22-9)8-13-15(18)21-14(16-13)10-3-2-4-11(7-10)17(19)20/h2-8H,1H3/b13-8-. The first-order valence-corrected chi connectivity index (χ1v) is 7.18. The summed E-state index contributed by atoms with van der Waals surface area (Å²) in [6.45, 7) is 1.97. The van der Waals surface area contributed by atoms with Gasteiger partial charge in [-0.15, -0.1) is 11.3 Å². The van der Waals surface area contributed by atoms with E-state index in [1.165, 1.54) is 29.5 Å². The van der Waals surface area contributed by atoms with Crippen molar-refractivity contribution in [3.8, 4) is 0 Å². The summed E-state index contributed by atoms with van der Waals surface area (Å²) in [5.74, 6) is -0.485. The van der Waals surface area contributed by atoms with Gasteiger partial charge < -0.3 is 4.74 Å². The molecule has 3 rings (SSSR count). The fourth-order valence-electron chi connectivity index (χ4n) is 1.95. The number of aliphatic imine (C=N–C) groups is 1. The third kappa shape index (κ3) is 2.79. The summed E-state index contributed by atoms with van der Waals surface area (Å²) in [4.78, 5) is 28.3.